The standard InChI is InChI=1S/C28H28N4O/c1-19-12-13-24-23(18-19)26(27(30-29-24)22-9-5-4-6-10-22)28(33)32-16-14-31(15-17-32)25-11-7-8-20(2)21(25)3/h4-13,18H,14-17H2,1-3H3. The Hall–Kier alpha value is -3.73. The van der Waals surface area contributed by atoms with Crippen LogP contribution in [0.25, 0.3) is 22.2 Å². The van der Waals surface area contributed by atoms with Crippen LogP contribution < -0.4 is 4.90 Å². The number of nitrogens with zero attached hydrogens (tertiary/aromatic N) is 4. The highest BCUT2D eigenvalue weighted by molar-refractivity contribution is 6.10. The Labute approximate surface area is 194 Å². The molecule has 0 aliphatic carbocycles. The fraction of sp³-hybridized carbons (Fsp3) is 0.250. The van der Waals surface area contributed by atoms with E-state index in [4.69, 9.17) is 0 Å². The number of aromatic nitrogens is 2. The molecule has 1 saturated heterocycles. The predicted molar refractivity (Wildman–Crippen MR) is 134 cm³/mol. The molecule has 5 nitrogen and oxygen atoms in total. The lowest BCUT2D eigenvalue weighted by Gasteiger charge is -2.37. The smallest absolute Gasteiger partial charge is 0.256 e. The first-order chi connectivity index (χ1) is 16.0. The van der Waals surface area contributed by atoms with E-state index in [1.165, 1.54) is 16.8 Å². The molecule has 1 amide bonds. The summed E-state index contributed by atoms with van der Waals surface area (Å²) in [5.74, 6) is 0.0277. The molecule has 0 bridgehead atoms. The lowest BCUT2D eigenvalue weighted by molar-refractivity contribution is 0.0749. The van der Waals surface area contributed by atoms with Crippen LogP contribution in [0.5, 0.6) is 0 Å². The lowest BCUT2D eigenvalue weighted by Crippen LogP contribution is -2.49. The van der Waals surface area contributed by atoms with Gasteiger partial charge in [0.15, 0.2) is 0 Å². The van der Waals surface area contributed by atoms with Gasteiger partial charge in [0.25, 0.3) is 5.91 Å². The van der Waals surface area contributed by atoms with Crippen molar-refractivity contribution in [2.24, 2.45) is 0 Å². The molecule has 0 radical (unpaired) electrons. The number of piperazine rings is 1. The van der Waals surface area contributed by atoms with E-state index < -0.39 is 0 Å². The topological polar surface area (TPSA) is 49.3 Å². The van der Waals surface area contributed by atoms with Gasteiger partial charge in [0, 0.05) is 42.8 Å². The number of hydrogen-bond acceptors (Lipinski definition) is 4. The highest BCUT2D eigenvalue weighted by atomic mass is 16.2. The summed E-state index contributed by atoms with van der Waals surface area (Å²) in [7, 11) is 0. The molecule has 5 heteroatoms. The van der Waals surface area contributed by atoms with Gasteiger partial charge in [-0.15, -0.1) is 10.2 Å². The molecule has 0 spiro atoms. The molecule has 1 aliphatic heterocycles. The minimum atomic E-state index is 0.0277. The first kappa shape index (κ1) is 21.1. The number of fused-ring (bicyclic) bond motifs is 1. The van der Waals surface area contributed by atoms with Crippen LogP contribution in [0.2, 0.25) is 0 Å². The zero-order valence-electron chi connectivity index (χ0n) is 19.4. The van der Waals surface area contributed by atoms with Crippen molar-refractivity contribution >= 4 is 22.5 Å². The van der Waals surface area contributed by atoms with Gasteiger partial charge in [-0.1, -0.05) is 54.1 Å². The number of hydrogen-bond donors (Lipinski definition) is 0. The number of amides is 1. The number of aryl methyl sites for hydroxylation is 2. The zero-order valence-corrected chi connectivity index (χ0v) is 19.4. The number of anilines is 1. The third-order valence-electron chi connectivity index (χ3n) is 6.66. The summed E-state index contributed by atoms with van der Waals surface area (Å²) in [5, 5.41) is 9.79. The van der Waals surface area contributed by atoms with Crippen molar-refractivity contribution in [1.82, 2.24) is 15.1 Å². The van der Waals surface area contributed by atoms with Crippen molar-refractivity contribution in [2.45, 2.75) is 20.8 Å². The van der Waals surface area contributed by atoms with Crippen molar-refractivity contribution in [3.63, 3.8) is 0 Å². The summed E-state index contributed by atoms with van der Waals surface area (Å²) in [4.78, 5) is 18.3. The largest absolute Gasteiger partial charge is 0.368 e. The maximum Gasteiger partial charge on any atom is 0.256 e. The van der Waals surface area contributed by atoms with Gasteiger partial charge in [-0.3, -0.25) is 4.79 Å². The summed E-state index contributed by atoms with van der Waals surface area (Å²) in [6, 6.07) is 22.3. The van der Waals surface area contributed by atoms with E-state index in [0.717, 1.165) is 35.1 Å². The second-order valence-electron chi connectivity index (χ2n) is 8.81. The normalized spacial score (nSPS) is 14.0. The number of benzene rings is 3. The quantitative estimate of drug-likeness (QED) is 0.444. The Morgan fingerprint density at radius 3 is 2.33 bits per heavy atom. The second-order valence-corrected chi connectivity index (χ2v) is 8.81. The van der Waals surface area contributed by atoms with Crippen LogP contribution in [0, 0.1) is 20.8 Å². The molecule has 4 aromatic rings. The van der Waals surface area contributed by atoms with Crippen LogP contribution in [0.15, 0.2) is 66.7 Å². The molecule has 33 heavy (non-hydrogen) atoms. The molecule has 0 saturated carbocycles. The Balaban J connectivity index is 1.50. The van der Waals surface area contributed by atoms with Crippen molar-refractivity contribution in [3.8, 4) is 11.3 Å². The highest BCUT2D eigenvalue weighted by Gasteiger charge is 2.27. The van der Waals surface area contributed by atoms with Crippen LogP contribution in [-0.4, -0.2) is 47.2 Å². The average Bonchev–Trinajstić information content (AvgIpc) is 2.85. The van der Waals surface area contributed by atoms with E-state index in [1.54, 1.807) is 0 Å². The van der Waals surface area contributed by atoms with Gasteiger partial charge in [-0.2, -0.15) is 0 Å². The third-order valence-corrected chi connectivity index (χ3v) is 6.66. The lowest BCUT2D eigenvalue weighted by atomic mass is 9.99. The van der Waals surface area contributed by atoms with Gasteiger partial charge < -0.3 is 9.80 Å². The van der Waals surface area contributed by atoms with Crippen LogP contribution in [0.3, 0.4) is 0 Å². The maximum absolute atomic E-state index is 13.9. The summed E-state index contributed by atoms with van der Waals surface area (Å²) < 4.78 is 0. The summed E-state index contributed by atoms with van der Waals surface area (Å²) in [6.45, 7) is 9.34. The van der Waals surface area contributed by atoms with Gasteiger partial charge in [0.2, 0.25) is 0 Å². The molecular weight excluding hydrogens is 408 g/mol. The first-order valence-electron chi connectivity index (χ1n) is 11.5. The molecule has 2 heterocycles. The molecule has 0 N–H and O–H groups in total. The second kappa shape index (κ2) is 8.66. The van der Waals surface area contributed by atoms with Gasteiger partial charge in [0.1, 0.15) is 5.69 Å². The number of rotatable bonds is 3. The number of carbonyl (C=O) groups excluding carboxylic acids is 1. The third kappa shape index (κ3) is 3.95. The SMILES string of the molecule is Cc1ccc2nnc(-c3ccccc3)c(C(=O)N3CCN(c4cccc(C)c4C)CC3)c2c1. The van der Waals surface area contributed by atoms with Gasteiger partial charge >= 0.3 is 0 Å². The molecule has 0 unspecified atom stereocenters. The molecule has 1 aliphatic rings. The Kier molecular flexibility index (Phi) is 5.55. The van der Waals surface area contributed by atoms with Crippen molar-refractivity contribution < 1.29 is 4.79 Å². The minimum Gasteiger partial charge on any atom is -0.368 e. The molecule has 166 valence electrons. The van der Waals surface area contributed by atoms with Crippen molar-refractivity contribution in [2.75, 3.05) is 31.1 Å². The Bertz CT molecular complexity index is 1320. The molecule has 1 aromatic heterocycles. The Morgan fingerprint density at radius 1 is 0.818 bits per heavy atom. The molecule has 0 atom stereocenters. The van der Waals surface area contributed by atoms with Crippen LogP contribution in [0.1, 0.15) is 27.0 Å². The molecular formula is C28H28N4O. The van der Waals surface area contributed by atoms with Gasteiger partial charge in [0.05, 0.1) is 11.1 Å². The summed E-state index contributed by atoms with van der Waals surface area (Å²) >= 11 is 0. The average molecular weight is 437 g/mol. The van der Waals surface area contributed by atoms with E-state index in [9.17, 15) is 4.79 Å². The van der Waals surface area contributed by atoms with E-state index in [-0.39, 0.29) is 5.91 Å². The first-order valence-corrected chi connectivity index (χ1v) is 11.5. The van der Waals surface area contributed by atoms with Crippen molar-refractivity contribution in [3.05, 3.63) is 89.0 Å². The van der Waals surface area contributed by atoms with Gasteiger partial charge in [-0.05, 0) is 50.1 Å². The van der Waals surface area contributed by atoms with Crippen molar-refractivity contribution in [1.29, 1.82) is 0 Å². The molecule has 5 rings (SSSR count). The zero-order chi connectivity index (χ0) is 22.9. The number of carbonyl (C=O) groups is 1. The van der Waals surface area contributed by atoms with Crippen LogP contribution >= 0.6 is 0 Å². The van der Waals surface area contributed by atoms with E-state index in [0.29, 0.717) is 24.3 Å². The van der Waals surface area contributed by atoms with E-state index in [2.05, 4.69) is 53.2 Å². The molecule has 3 aromatic carbocycles. The minimum absolute atomic E-state index is 0.0277. The van der Waals surface area contributed by atoms with Gasteiger partial charge in [-0.25, -0.2) is 0 Å². The summed E-state index contributed by atoms with van der Waals surface area (Å²) in [6.07, 6.45) is 0. The highest BCUT2D eigenvalue weighted by Crippen LogP contribution is 2.30. The maximum atomic E-state index is 13.9. The van der Waals surface area contributed by atoms with E-state index >= 15 is 0 Å². The predicted octanol–water partition coefficient (Wildman–Crippen LogP) is 5.18. The molecule has 1 fully saturated rings. The van der Waals surface area contributed by atoms with Crippen LogP contribution in [0.4, 0.5) is 5.69 Å². The monoisotopic (exact) mass is 436 g/mol. The van der Waals surface area contributed by atoms with Crippen LogP contribution in [-0.2, 0) is 0 Å². The fourth-order valence-corrected chi connectivity index (χ4v) is 4.62. The van der Waals surface area contributed by atoms with E-state index in [1.807, 2.05) is 54.3 Å². The fourth-order valence-electron chi connectivity index (χ4n) is 4.62. The summed E-state index contributed by atoms with van der Waals surface area (Å²) in [5.41, 5.74) is 7.92. The Morgan fingerprint density at radius 2 is 1.58 bits per heavy atom.